The minimum Gasteiger partial charge on any atom is -0.308 e. The van der Waals surface area contributed by atoms with Crippen LogP contribution in [0.4, 0.5) is 4.79 Å². The Hall–Kier alpha value is -1.10. The Morgan fingerprint density at radius 2 is 1.70 bits per heavy atom. The van der Waals surface area contributed by atoms with Crippen molar-refractivity contribution >= 4 is 11.9 Å². The number of likely N-dealkylation sites (N-methyl/N-ethyl adjacent to an activating group) is 1. The van der Waals surface area contributed by atoms with Gasteiger partial charge in [-0.25, -0.2) is 4.79 Å². The van der Waals surface area contributed by atoms with Crippen molar-refractivity contribution < 1.29 is 9.59 Å². The number of rotatable bonds is 5. The second-order valence-electron chi connectivity index (χ2n) is 5.88. The second-order valence-corrected chi connectivity index (χ2v) is 5.88. The molecule has 2 rings (SSSR count). The van der Waals surface area contributed by atoms with E-state index in [1.165, 1.54) is 12.8 Å². The highest BCUT2D eigenvalue weighted by molar-refractivity contribution is 6.07. The zero-order valence-corrected chi connectivity index (χ0v) is 12.8. The van der Waals surface area contributed by atoms with Crippen LogP contribution in [0.2, 0.25) is 0 Å². The van der Waals surface area contributed by atoms with E-state index in [1.807, 2.05) is 4.90 Å². The van der Waals surface area contributed by atoms with Gasteiger partial charge >= 0.3 is 6.03 Å². The van der Waals surface area contributed by atoms with Gasteiger partial charge in [-0.1, -0.05) is 39.5 Å². The molecule has 0 unspecified atom stereocenters. The van der Waals surface area contributed by atoms with Gasteiger partial charge in [-0.05, 0) is 25.9 Å². The average molecular weight is 281 g/mol. The minimum absolute atomic E-state index is 0.0658. The van der Waals surface area contributed by atoms with Gasteiger partial charge in [0.2, 0.25) is 0 Å². The third-order valence-electron chi connectivity index (χ3n) is 4.87. The molecule has 20 heavy (non-hydrogen) atoms. The number of nitrogens with one attached hydrogen (secondary N) is 1. The fourth-order valence-electron chi connectivity index (χ4n) is 3.51. The van der Waals surface area contributed by atoms with E-state index in [1.54, 1.807) is 0 Å². The van der Waals surface area contributed by atoms with Gasteiger partial charge in [0.05, 0.1) is 0 Å². The summed E-state index contributed by atoms with van der Waals surface area (Å²) in [6.07, 6.45) is 6.08. The second kappa shape index (κ2) is 6.57. The van der Waals surface area contributed by atoms with E-state index in [2.05, 4.69) is 24.1 Å². The predicted octanol–water partition coefficient (Wildman–Crippen LogP) is 1.97. The molecule has 1 spiro atoms. The molecule has 0 atom stereocenters. The maximum atomic E-state index is 12.3. The van der Waals surface area contributed by atoms with Crippen molar-refractivity contribution in [2.75, 3.05) is 26.2 Å². The molecule has 1 heterocycles. The first-order valence-corrected chi connectivity index (χ1v) is 7.99. The predicted molar refractivity (Wildman–Crippen MR) is 78.5 cm³/mol. The van der Waals surface area contributed by atoms with Gasteiger partial charge in [0.25, 0.3) is 5.91 Å². The Morgan fingerprint density at radius 1 is 1.10 bits per heavy atom. The highest BCUT2D eigenvalue weighted by atomic mass is 16.2. The lowest BCUT2D eigenvalue weighted by Gasteiger charge is -2.35. The standard InChI is InChI=1S/C15H27N3O2/c1-3-17(4-2)11-12-18-14(20)16-13(19)15(18)9-7-5-6-8-10-15/h3-12H2,1-2H3,(H,16,19,20). The molecule has 114 valence electrons. The summed E-state index contributed by atoms with van der Waals surface area (Å²) in [7, 11) is 0. The molecule has 1 aliphatic carbocycles. The normalized spacial score (nSPS) is 22.4. The molecular formula is C15H27N3O2. The van der Waals surface area contributed by atoms with Crippen LogP contribution in [0.25, 0.3) is 0 Å². The smallest absolute Gasteiger partial charge is 0.308 e. The number of nitrogens with zero attached hydrogens (tertiary/aromatic N) is 2. The summed E-state index contributed by atoms with van der Waals surface area (Å²) >= 11 is 0. The van der Waals surface area contributed by atoms with Crippen molar-refractivity contribution in [3.05, 3.63) is 0 Å². The van der Waals surface area contributed by atoms with Crippen molar-refractivity contribution in [2.24, 2.45) is 0 Å². The molecule has 0 aromatic rings. The first kappa shape index (κ1) is 15.3. The van der Waals surface area contributed by atoms with E-state index < -0.39 is 5.54 Å². The van der Waals surface area contributed by atoms with Crippen LogP contribution in [0.5, 0.6) is 0 Å². The van der Waals surface area contributed by atoms with Crippen LogP contribution >= 0.6 is 0 Å². The van der Waals surface area contributed by atoms with Crippen LogP contribution in [0.15, 0.2) is 0 Å². The first-order valence-electron chi connectivity index (χ1n) is 7.99. The van der Waals surface area contributed by atoms with E-state index in [-0.39, 0.29) is 11.9 Å². The Labute approximate surface area is 121 Å². The summed E-state index contributed by atoms with van der Waals surface area (Å²) in [4.78, 5) is 28.6. The van der Waals surface area contributed by atoms with Crippen molar-refractivity contribution in [2.45, 2.75) is 57.9 Å². The maximum absolute atomic E-state index is 12.3. The number of carbonyl (C=O) groups is 2. The fraction of sp³-hybridized carbons (Fsp3) is 0.867. The Morgan fingerprint density at radius 3 is 2.25 bits per heavy atom. The summed E-state index contributed by atoms with van der Waals surface area (Å²) in [6.45, 7) is 7.70. The van der Waals surface area contributed by atoms with Crippen molar-refractivity contribution in [1.82, 2.24) is 15.1 Å². The fourth-order valence-corrected chi connectivity index (χ4v) is 3.51. The summed E-state index contributed by atoms with van der Waals surface area (Å²) < 4.78 is 0. The lowest BCUT2D eigenvalue weighted by atomic mass is 9.88. The van der Waals surface area contributed by atoms with Gasteiger partial charge in [0.15, 0.2) is 0 Å². The number of amides is 3. The molecule has 0 bridgehead atoms. The number of hydrogen-bond donors (Lipinski definition) is 1. The van der Waals surface area contributed by atoms with Crippen LogP contribution in [-0.4, -0.2) is 53.5 Å². The van der Waals surface area contributed by atoms with Crippen LogP contribution in [-0.2, 0) is 4.79 Å². The van der Waals surface area contributed by atoms with Gasteiger partial charge in [-0.15, -0.1) is 0 Å². The van der Waals surface area contributed by atoms with Gasteiger partial charge in [-0.2, -0.15) is 0 Å². The number of hydrogen-bond acceptors (Lipinski definition) is 3. The summed E-state index contributed by atoms with van der Waals surface area (Å²) in [6, 6.07) is -0.191. The largest absolute Gasteiger partial charge is 0.325 e. The molecule has 1 saturated carbocycles. The summed E-state index contributed by atoms with van der Waals surface area (Å²) in [5.74, 6) is -0.0658. The Balaban J connectivity index is 2.10. The molecule has 5 nitrogen and oxygen atoms in total. The lowest BCUT2D eigenvalue weighted by molar-refractivity contribution is -0.127. The molecule has 2 aliphatic rings. The van der Waals surface area contributed by atoms with Gasteiger partial charge in [-0.3, -0.25) is 10.1 Å². The van der Waals surface area contributed by atoms with E-state index in [4.69, 9.17) is 0 Å². The molecule has 1 saturated heterocycles. The molecule has 5 heteroatoms. The van der Waals surface area contributed by atoms with Gasteiger partial charge in [0, 0.05) is 13.1 Å². The Bertz CT molecular complexity index is 358. The zero-order valence-electron chi connectivity index (χ0n) is 12.8. The topological polar surface area (TPSA) is 52.6 Å². The van der Waals surface area contributed by atoms with E-state index in [0.717, 1.165) is 45.3 Å². The molecular weight excluding hydrogens is 254 g/mol. The monoisotopic (exact) mass is 281 g/mol. The lowest BCUT2D eigenvalue weighted by Crippen LogP contribution is -2.51. The van der Waals surface area contributed by atoms with Crippen LogP contribution in [0.3, 0.4) is 0 Å². The minimum atomic E-state index is -0.555. The molecule has 0 radical (unpaired) electrons. The van der Waals surface area contributed by atoms with E-state index in [9.17, 15) is 9.59 Å². The van der Waals surface area contributed by atoms with Crippen LogP contribution in [0.1, 0.15) is 52.4 Å². The molecule has 1 aliphatic heterocycles. The number of imide groups is 1. The Kier molecular flexibility index (Phi) is 5.02. The highest BCUT2D eigenvalue weighted by Crippen LogP contribution is 2.35. The van der Waals surface area contributed by atoms with Crippen LogP contribution in [0, 0.1) is 0 Å². The number of urea groups is 1. The summed E-state index contributed by atoms with van der Waals surface area (Å²) in [5.41, 5.74) is -0.555. The molecule has 3 amide bonds. The van der Waals surface area contributed by atoms with E-state index >= 15 is 0 Å². The molecule has 0 aromatic carbocycles. The zero-order chi connectivity index (χ0) is 14.6. The highest BCUT2D eigenvalue weighted by Gasteiger charge is 2.51. The maximum Gasteiger partial charge on any atom is 0.325 e. The first-order chi connectivity index (χ1) is 9.64. The molecule has 0 aromatic heterocycles. The molecule has 1 N–H and O–H groups in total. The van der Waals surface area contributed by atoms with Gasteiger partial charge in [0.1, 0.15) is 5.54 Å². The van der Waals surface area contributed by atoms with Crippen molar-refractivity contribution in [3.8, 4) is 0 Å². The molecule has 2 fully saturated rings. The van der Waals surface area contributed by atoms with Crippen LogP contribution < -0.4 is 5.32 Å². The number of carbonyl (C=O) groups excluding carboxylic acids is 2. The SMILES string of the molecule is CCN(CC)CCN1C(=O)NC(=O)C12CCCCCC2. The van der Waals surface area contributed by atoms with E-state index in [0.29, 0.717) is 6.54 Å². The quantitative estimate of drug-likeness (QED) is 0.784. The third kappa shape index (κ3) is 2.82. The van der Waals surface area contributed by atoms with Crippen molar-refractivity contribution in [3.63, 3.8) is 0 Å². The third-order valence-corrected chi connectivity index (χ3v) is 4.87. The van der Waals surface area contributed by atoms with Crippen molar-refractivity contribution in [1.29, 1.82) is 0 Å². The average Bonchev–Trinajstić information content (AvgIpc) is 2.64. The van der Waals surface area contributed by atoms with Gasteiger partial charge < -0.3 is 9.80 Å². The summed E-state index contributed by atoms with van der Waals surface area (Å²) in [5, 5.41) is 2.54.